The minimum atomic E-state index is -1.28. The highest BCUT2D eigenvalue weighted by atomic mass is 127. The van der Waals surface area contributed by atoms with Crippen LogP contribution < -0.4 is 42.8 Å². The molecule has 9 rings (SSSR count). The SMILES string of the molecule is O=C(CO)N[C@H]1C[C@@H](n2cnc3c(NC4CCC(Nc5c(NC6CCC(Nc7nc(I)nc8c7ncn8[C@@H]7C[C@H](NC(=O)CO)[C@@H](O)[C@H]7O)CC6)c(=O)c5=O)CC4)nc(Cl)nc32)[C@H](O)[C@@H]1O. The van der Waals surface area contributed by atoms with E-state index in [0.717, 1.165) is 12.8 Å². The quantitative estimate of drug-likeness (QED) is 0.0352. The van der Waals surface area contributed by atoms with Crippen molar-refractivity contribution in [3.8, 4) is 0 Å². The number of aliphatic hydroxyl groups is 6. The second kappa shape index (κ2) is 19.0. The minimum Gasteiger partial charge on any atom is -0.388 e. The molecule has 4 fully saturated rings. The first kappa shape index (κ1) is 46.2. The van der Waals surface area contributed by atoms with Crippen LogP contribution in [-0.4, -0.2) is 155 Å². The van der Waals surface area contributed by atoms with Crippen molar-refractivity contribution in [1.29, 1.82) is 0 Å². The number of carbonyl (C=O) groups excluding carboxylic acids is 2. The van der Waals surface area contributed by atoms with E-state index in [-0.39, 0.29) is 42.3 Å². The smallest absolute Gasteiger partial charge is 0.253 e. The molecule has 0 unspecified atom stereocenters. The number of halogens is 2. The Labute approximate surface area is 393 Å². The van der Waals surface area contributed by atoms with Gasteiger partial charge in [-0.15, -0.1) is 0 Å². The van der Waals surface area contributed by atoms with Gasteiger partial charge in [0.25, 0.3) is 10.9 Å². The van der Waals surface area contributed by atoms with Gasteiger partial charge >= 0.3 is 0 Å². The first-order chi connectivity index (χ1) is 31.7. The van der Waals surface area contributed by atoms with Crippen molar-refractivity contribution in [3.63, 3.8) is 0 Å². The summed E-state index contributed by atoms with van der Waals surface area (Å²) in [6.07, 6.45) is 4.05. The highest BCUT2D eigenvalue weighted by molar-refractivity contribution is 14.1. The van der Waals surface area contributed by atoms with E-state index in [0.29, 0.717) is 87.7 Å². The summed E-state index contributed by atoms with van der Waals surface area (Å²) in [6.45, 7) is -1.48. The third kappa shape index (κ3) is 8.97. The van der Waals surface area contributed by atoms with E-state index in [2.05, 4.69) is 61.8 Å². The van der Waals surface area contributed by atoms with Crippen molar-refractivity contribution in [2.45, 2.75) is 137 Å². The number of fused-ring (bicyclic) bond motifs is 2. The predicted octanol–water partition coefficient (Wildman–Crippen LogP) is -1.22. The number of anilines is 4. The van der Waals surface area contributed by atoms with Crippen LogP contribution in [0.2, 0.25) is 5.28 Å². The second-order valence-corrected chi connectivity index (χ2v) is 18.9. The molecular weight excluding hydrogens is 999 g/mol. The lowest BCUT2D eigenvalue weighted by atomic mass is 9.90. The van der Waals surface area contributed by atoms with Crippen LogP contribution in [0, 0.1) is 3.83 Å². The molecule has 0 bridgehead atoms. The number of hydrogen-bond acceptors (Lipinski definition) is 20. The molecule has 26 heteroatoms. The standard InChI is InChI=1S/C40H50ClIN14O10/c41-39-51-35(27-37(53-39)55(13-43-27)21-9-19(29(61)31(21)63)49-23(59)11-57)47-17-5-1-15(2-6-17)45-25-26(34(66)33(25)65)46-16-3-7-18(8-4-16)48-36-28-38(54-40(42)52-36)56(14-44-28)22-10-20(30(62)32(22)64)50-24(60)12-58/h13-22,29-32,45-46,57-58,61-64H,1-12H2,(H,49,59)(H,50,60)(H,47,51,53)(H,48,52,54)/t15?,16?,17?,18?,19-,20-,21+,22+,29+,30+,31-,32-/m0/s1. The summed E-state index contributed by atoms with van der Waals surface area (Å²) in [5.74, 6) is -0.401. The Kier molecular flexibility index (Phi) is 13.3. The van der Waals surface area contributed by atoms with Crippen molar-refractivity contribution < 1.29 is 40.2 Å². The zero-order chi connectivity index (χ0) is 46.6. The summed E-state index contributed by atoms with van der Waals surface area (Å²) < 4.78 is 3.72. The number of aromatic nitrogens is 8. The Balaban J connectivity index is 0.777. The second-order valence-electron chi connectivity index (χ2n) is 17.6. The molecule has 1 aromatic carbocycles. The summed E-state index contributed by atoms with van der Waals surface area (Å²) in [6, 6.07) is -2.98. The van der Waals surface area contributed by atoms with Gasteiger partial charge in [-0.1, -0.05) is 0 Å². The molecule has 5 aromatic rings. The van der Waals surface area contributed by atoms with E-state index in [1.54, 1.807) is 9.13 Å². The van der Waals surface area contributed by atoms with Gasteiger partial charge in [-0.3, -0.25) is 19.2 Å². The third-order valence-electron chi connectivity index (χ3n) is 13.5. The third-order valence-corrected chi connectivity index (χ3v) is 14.2. The van der Waals surface area contributed by atoms with Crippen LogP contribution in [0.3, 0.4) is 0 Å². The fourth-order valence-corrected chi connectivity index (χ4v) is 10.7. The maximum absolute atomic E-state index is 12.8. The molecule has 354 valence electrons. The van der Waals surface area contributed by atoms with Crippen LogP contribution >= 0.6 is 34.2 Å². The van der Waals surface area contributed by atoms with Crippen LogP contribution in [0.25, 0.3) is 22.3 Å². The lowest BCUT2D eigenvalue weighted by Gasteiger charge is -2.33. The minimum absolute atomic E-state index is 0.0220. The maximum atomic E-state index is 12.8. The van der Waals surface area contributed by atoms with Gasteiger partial charge in [0.1, 0.15) is 49.0 Å². The highest BCUT2D eigenvalue weighted by Gasteiger charge is 2.45. The van der Waals surface area contributed by atoms with Crippen LogP contribution in [0.15, 0.2) is 22.2 Å². The molecular formula is C40H50ClIN14O10. The Morgan fingerprint density at radius 1 is 0.606 bits per heavy atom. The average molecular weight is 1050 g/mol. The van der Waals surface area contributed by atoms with Gasteiger partial charge in [-0.05, 0) is 75.8 Å². The Morgan fingerprint density at radius 2 is 1.00 bits per heavy atom. The van der Waals surface area contributed by atoms with Crippen LogP contribution in [0.4, 0.5) is 23.0 Å². The molecule has 4 heterocycles. The summed E-state index contributed by atoms with van der Waals surface area (Å²) >= 11 is 8.37. The van der Waals surface area contributed by atoms with Crippen molar-refractivity contribution in [1.82, 2.24) is 49.7 Å². The highest BCUT2D eigenvalue weighted by Crippen LogP contribution is 2.37. The number of rotatable bonds is 14. The van der Waals surface area contributed by atoms with Gasteiger partial charge in [-0.2, -0.15) is 9.97 Å². The normalized spacial score (nSPS) is 30.2. The molecule has 8 atom stereocenters. The molecule has 0 saturated heterocycles. The summed E-state index contributed by atoms with van der Waals surface area (Å²) in [5, 5.41) is 79.8. The summed E-state index contributed by atoms with van der Waals surface area (Å²) in [4.78, 5) is 76.2. The van der Waals surface area contributed by atoms with Crippen LogP contribution in [0.1, 0.15) is 76.3 Å². The van der Waals surface area contributed by atoms with Gasteiger partial charge in [-0.25, -0.2) is 19.9 Å². The number of imidazole rings is 2. The number of hydrogen-bond donors (Lipinski definition) is 12. The van der Waals surface area contributed by atoms with Crippen molar-refractivity contribution >= 4 is 91.3 Å². The van der Waals surface area contributed by atoms with Gasteiger partial charge in [0.2, 0.25) is 17.1 Å². The average Bonchev–Trinajstić information content (AvgIpc) is 4.07. The predicted molar refractivity (Wildman–Crippen MR) is 246 cm³/mol. The van der Waals surface area contributed by atoms with Gasteiger partial charge in [0, 0.05) is 46.8 Å². The fraction of sp³-hybridized carbons (Fsp3) is 0.600. The molecule has 4 aliphatic carbocycles. The molecule has 0 aliphatic heterocycles. The van der Waals surface area contributed by atoms with Crippen LogP contribution in [-0.2, 0) is 9.59 Å². The molecule has 0 spiro atoms. The first-order valence-corrected chi connectivity index (χ1v) is 23.4. The van der Waals surface area contributed by atoms with Crippen molar-refractivity contribution in [2.75, 3.05) is 34.5 Å². The monoisotopic (exact) mass is 1050 g/mol. The molecule has 4 saturated carbocycles. The van der Waals surface area contributed by atoms with Crippen LogP contribution in [0.5, 0.6) is 0 Å². The fourth-order valence-electron chi connectivity index (χ4n) is 10.1. The van der Waals surface area contributed by atoms with E-state index < -0.39 is 84.5 Å². The summed E-state index contributed by atoms with van der Waals surface area (Å²) in [7, 11) is 0. The van der Waals surface area contributed by atoms with E-state index in [4.69, 9.17) is 21.8 Å². The number of carbonyl (C=O) groups is 2. The molecule has 2 amide bonds. The zero-order valence-electron chi connectivity index (χ0n) is 35.2. The topological polar surface area (TPSA) is 349 Å². The van der Waals surface area contributed by atoms with Crippen molar-refractivity contribution in [3.05, 3.63) is 42.2 Å². The molecule has 4 aromatic heterocycles. The number of amides is 2. The maximum Gasteiger partial charge on any atom is 0.253 e. The van der Waals surface area contributed by atoms with E-state index >= 15 is 0 Å². The van der Waals surface area contributed by atoms with E-state index in [1.807, 2.05) is 22.6 Å². The molecule has 4 aliphatic rings. The Bertz CT molecular complexity index is 2500. The Hall–Kier alpha value is -4.90. The zero-order valence-corrected chi connectivity index (χ0v) is 38.1. The lowest BCUT2D eigenvalue weighted by Crippen LogP contribution is -2.44. The van der Waals surface area contributed by atoms with Gasteiger partial charge < -0.3 is 71.7 Å². The molecule has 66 heavy (non-hydrogen) atoms. The van der Waals surface area contributed by atoms with Gasteiger partial charge in [0.15, 0.2) is 37.8 Å². The van der Waals surface area contributed by atoms with E-state index in [9.17, 15) is 39.6 Å². The molecule has 12 N–H and O–H groups in total. The number of nitrogens with one attached hydrogen (secondary N) is 6. The van der Waals surface area contributed by atoms with Gasteiger partial charge in [0.05, 0.1) is 36.8 Å². The number of nitrogens with zero attached hydrogens (tertiary/aromatic N) is 8. The largest absolute Gasteiger partial charge is 0.388 e. The Morgan fingerprint density at radius 3 is 1.42 bits per heavy atom. The molecule has 24 nitrogen and oxygen atoms in total. The van der Waals surface area contributed by atoms with E-state index in [1.165, 1.54) is 12.7 Å². The first-order valence-electron chi connectivity index (χ1n) is 21.9. The summed E-state index contributed by atoms with van der Waals surface area (Å²) in [5.41, 5.74) is 1.21. The van der Waals surface area contributed by atoms with Crippen molar-refractivity contribution in [2.24, 2.45) is 0 Å². The number of aliphatic hydroxyl groups excluding tert-OH is 6. The lowest BCUT2D eigenvalue weighted by molar-refractivity contribution is -0.126. The molecule has 0 radical (unpaired) electrons.